The zero-order valence-electron chi connectivity index (χ0n) is 32.3. The molecule has 2 aliphatic carbocycles. The number of aromatic nitrogens is 1. The summed E-state index contributed by atoms with van der Waals surface area (Å²) in [7, 11) is -2.43. The smallest absolute Gasteiger partial charge is 0.405 e. The van der Waals surface area contributed by atoms with Crippen molar-refractivity contribution in [3.63, 3.8) is 0 Å². The van der Waals surface area contributed by atoms with Gasteiger partial charge in [-0.15, -0.1) is 0 Å². The molecule has 1 aromatic heterocycles. The molecule has 0 spiro atoms. The van der Waals surface area contributed by atoms with Crippen LogP contribution in [0.5, 0.6) is 11.6 Å². The summed E-state index contributed by atoms with van der Waals surface area (Å²) in [4.78, 5) is 63.4. The lowest BCUT2D eigenvalue weighted by Crippen LogP contribution is -2.59. The lowest BCUT2D eigenvalue weighted by atomic mass is 9.88. The molecule has 56 heavy (non-hydrogen) atoms. The third kappa shape index (κ3) is 7.97. The molecule has 1 aromatic carbocycles. The maximum absolute atomic E-state index is 14.6. The molecule has 7 atom stereocenters. The Balaban J connectivity index is 1.23. The first kappa shape index (κ1) is 39.6. The van der Waals surface area contributed by atoms with E-state index in [-0.39, 0.29) is 31.2 Å². The number of allylic oxidation sites excluding steroid dienone is 1. The number of nitrogens with zero attached hydrogens (tertiary/aromatic N) is 3. The largest absolute Gasteiger partial charge is 0.497 e. The molecule has 3 aliphatic heterocycles. The lowest BCUT2D eigenvalue weighted by Gasteiger charge is -2.32. The Morgan fingerprint density at radius 3 is 2.55 bits per heavy atom. The van der Waals surface area contributed by atoms with Gasteiger partial charge in [-0.3, -0.25) is 19.1 Å². The van der Waals surface area contributed by atoms with Crippen molar-refractivity contribution >= 4 is 50.4 Å². The Kier molecular flexibility index (Phi) is 10.9. The Morgan fingerprint density at radius 1 is 1.11 bits per heavy atom. The van der Waals surface area contributed by atoms with Crippen LogP contribution in [-0.2, 0) is 29.1 Å². The quantitative estimate of drug-likeness (QED) is 0.285. The van der Waals surface area contributed by atoms with Crippen LogP contribution in [-0.4, -0.2) is 116 Å². The Labute approximate surface area is 326 Å². The number of morpholine rings is 1. The number of ether oxygens (including phenoxy) is 3. The van der Waals surface area contributed by atoms with Gasteiger partial charge in [0.1, 0.15) is 35.3 Å². The molecule has 2 aromatic rings. The average Bonchev–Trinajstić information content (AvgIpc) is 4.05. The van der Waals surface area contributed by atoms with E-state index in [4.69, 9.17) is 19.2 Å². The van der Waals surface area contributed by atoms with Crippen LogP contribution < -0.4 is 29.7 Å². The number of nitrogens with one attached hydrogen (secondary N) is 3. The van der Waals surface area contributed by atoms with Crippen LogP contribution in [0.3, 0.4) is 0 Å². The summed E-state index contributed by atoms with van der Waals surface area (Å²) < 4.78 is 45.3. The number of anilines is 1. The predicted molar refractivity (Wildman–Crippen MR) is 206 cm³/mol. The van der Waals surface area contributed by atoms with Gasteiger partial charge in [-0.25, -0.2) is 13.2 Å². The first-order chi connectivity index (χ1) is 26.6. The number of hydrogen-bond donors (Lipinski definition) is 4. The number of rotatable bonds is 8. The highest BCUT2D eigenvalue weighted by molar-refractivity contribution is 7.91. The van der Waals surface area contributed by atoms with E-state index in [1.165, 1.54) is 4.90 Å². The summed E-state index contributed by atoms with van der Waals surface area (Å²) in [6.07, 6.45) is 4.60. The zero-order valence-corrected chi connectivity index (χ0v) is 33.1. The summed E-state index contributed by atoms with van der Waals surface area (Å²) in [5, 5.41) is 16.6. The van der Waals surface area contributed by atoms with Crippen LogP contribution in [0, 0.1) is 17.8 Å². The number of hydrogen-bond acceptors (Lipinski definition) is 11. The van der Waals surface area contributed by atoms with Crippen LogP contribution in [0.4, 0.5) is 10.6 Å². The van der Waals surface area contributed by atoms with Gasteiger partial charge >= 0.3 is 6.09 Å². The number of pyridine rings is 1. The van der Waals surface area contributed by atoms with Gasteiger partial charge < -0.3 is 39.8 Å². The minimum atomic E-state index is -4.01. The molecule has 5 aliphatic rings. The standard InChI is InChI=1S/C39H52N6O10S/c1-23-7-5-6-8-26-21-39(26,36(48)43-56(51,52)38(3)11-12-38)42-33(46)30-20-28(22-45(30)35(47)32(24(2)17-23)41-37(49)50)55-34-29-10-9-27(53-4)18-25(29)19-31(40-34)44-13-15-54-16-14-44/h6,8-10,18-19,23-24,26,28,30,32,41H,5,7,11-17,20-22H2,1-4H3,(H,42,46)(H,43,48)(H,49,50)/b8-6-/t23-,24-,26?,28-,30+,32+,39?/m1/s1. The lowest BCUT2D eigenvalue weighted by molar-refractivity contribution is -0.142. The number of fused-ring (bicyclic) bond motifs is 3. The van der Waals surface area contributed by atoms with Crippen molar-refractivity contribution in [1.82, 2.24) is 25.2 Å². The average molecular weight is 797 g/mol. The number of sulfonamides is 1. The monoisotopic (exact) mass is 796 g/mol. The number of carbonyl (C=O) groups excluding carboxylic acids is 3. The van der Waals surface area contributed by atoms with Gasteiger partial charge in [-0.1, -0.05) is 26.0 Å². The zero-order chi connectivity index (χ0) is 40.0. The Hall–Kier alpha value is -4.64. The fourth-order valence-electron chi connectivity index (χ4n) is 8.25. The SMILES string of the molecule is COc1ccc2c(O[C@@H]3C[C@H]4C(=O)NC5(C(=O)NS(=O)(=O)C6(C)CC6)CC5/C=C\CC[C@@H](C)C[C@@H](C)[C@H](NC(=O)O)C(=O)N4C3)nc(N3CCOCC3)cc2c1. The Morgan fingerprint density at radius 2 is 1.86 bits per heavy atom. The molecule has 2 saturated heterocycles. The number of carbonyl (C=O) groups is 4. The van der Waals surface area contributed by atoms with E-state index < -0.39 is 74.1 Å². The van der Waals surface area contributed by atoms with E-state index in [1.807, 2.05) is 44.2 Å². The third-order valence-electron chi connectivity index (χ3n) is 12.1. The van der Waals surface area contributed by atoms with Gasteiger partial charge in [0.25, 0.3) is 5.91 Å². The van der Waals surface area contributed by atoms with Crippen LogP contribution in [0.2, 0.25) is 0 Å². The fraction of sp³-hybridized carbons (Fsp3) is 0.615. The molecule has 304 valence electrons. The molecule has 4 fully saturated rings. The van der Waals surface area contributed by atoms with Crippen molar-refractivity contribution in [2.24, 2.45) is 17.8 Å². The number of carboxylic acid groups (broad SMARTS) is 1. The molecule has 16 nitrogen and oxygen atoms in total. The second-order valence-corrected chi connectivity index (χ2v) is 18.6. The Bertz CT molecular complexity index is 2020. The highest BCUT2D eigenvalue weighted by atomic mass is 32.2. The molecular weight excluding hydrogens is 745 g/mol. The van der Waals surface area contributed by atoms with Crippen molar-refractivity contribution in [1.29, 1.82) is 0 Å². The highest BCUT2D eigenvalue weighted by Gasteiger charge is 2.63. The van der Waals surface area contributed by atoms with E-state index in [1.54, 1.807) is 20.1 Å². The van der Waals surface area contributed by atoms with E-state index >= 15 is 0 Å². The summed E-state index contributed by atoms with van der Waals surface area (Å²) >= 11 is 0. The summed E-state index contributed by atoms with van der Waals surface area (Å²) in [5.41, 5.74) is -1.55. The van der Waals surface area contributed by atoms with Gasteiger partial charge in [0.15, 0.2) is 0 Å². The summed E-state index contributed by atoms with van der Waals surface area (Å²) in [6, 6.07) is 5.10. The van der Waals surface area contributed by atoms with Gasteiger partial charge in [-0.05, 0) is 86.9 Å². The van der Waals surface area contributed by atoms with E-state index in [9.17, 15) is 32.7 Å². The van der Waals surface area contributed by atoms with Crippen molar-refractivity contribution in [3.8, 4) is 11.6 Å². The number of methoxy groups -OCH3 is 1. The van der Waals surface area contributed by atoms with E-state index in [0.717, 1.165) is 11.8 Å². The topological polar surface area (TPSA) is 206 Å². The molecule has 4 N–H and O–H groups in total. The van der Waals surface area contributed by atoms with E-state index in [0.29, 0.717) is 68.9 Å². The summed E-state index contributed by atoms with van der Waals surface area (Å²) in [6.45, 7) is 7.67. The van der Waals surface area contributed by atoms with Crippen molar-refractivity contribution in [2.45, 2.75) is 94.2 Å². The van der Waals surface area contributed by atoms with Gasteiger partial charge in [-0.2, -0.15) is 4.98 Å². The second kappa shape index (κ2) is 15.4. The van der Waals surface area contributed by atoms with Crippen molar-refractivity contribution in [2.75, 3.05) is 44.9 Å². The molecule has 4 amide bonds. The van der Waals surface area contributed by atoms with Crippen molar-refractivity contribution < 1.29 is 46.9 Å². The minimum Gasteiger partial charge on any atom is -0.497 e. The molecule has 7 rings (SSSR count). The van der Waals surface area contributed by atoms with Gasteiger partial charge in [0.2, 0.25) is 27.7 Å². The predicted octanol–water partition coefficient (Wildman–Crippen LogP) is 2.95. The first-order valence-corrected chi connectivity index (χ1v) is 20.9. The second-order valence-electron chi connectivity index (χ2n) is 16.4. The summed E-state index contributed by atoms with van der Waals surface area (Å²) in [5.74, 6) is -1.26. The molecule has 4 heterocycles. The maximum atomic E-state index is 14.6. The van der Waals surface area contributed by atoms with Crippen LogP contribution in [0.15, 0.2) is 36.4 Å². The molecule has 2 unspecified atom stereocenters. The molecular formula is C39H52N6O10S. The van der Waals surface area contributed by atoms with Crippen LogP contribution in [0.25, 0.3) is 10.8 Å². The highest BCUT2D eigenvalue weighted by Crippen LogP contribution is 2.47. The van der Waals surface area contributed by atoms with Gasteiger partial charge in [0.05, 0.1) is 31.6 Å². The van der Waals surface area contributed by atoms with Crippen molar-refractivity contribution in [3.05, 3.63) is 36.4 Å². The van der Waals surface area contributed by atoms with Crippen LogP contribution >= 0.6 is 0 Å². The molecule has 0 radical (unpaired) electrons. The third-order valence-corrected chi connectivity index (χ3v) is 14.3. The normalized spacial score (nSPS) is 31.1. The first-order valence-electron chi connectivity index (χ1n) is 19.5. The van der Waals surface area contributed by atoms with E-state index in [2.05, 4.69) is 20.3 Å². The number of amides is 4. The molecule has 0 bridgehead atoms. The molecule has 2 saturated carbocycles. The molecule has 17 heteroatoms. The minimum absolute atomic E-state index is 0.00215. The van der Waals surface area contributed by atoms with Crippen LogP contribution in [0.1, 0.15) is 65.7 Å². The number of benzene rings is 1. The maximum Gasteiger partial charge on any atom is 0.405 e. The fourth-order valence-corrected chi connectivity index (χ4v) is 9.56. The van der Waals surface area contributed by atoms with Gasteiger partial charge in [0, 0.05) is 30.8 Å².